The maximum atomic E-state index is 13.6. The molecule has 1 rings (SSSR count). The lowest BCUT2D eigenvalue weighted by atomic mass is 9.95. The number of benzene rings is 1. The van der Waals surface area contributed by atoms with Crippen LogP contribution >= 0.6 is 0 Å². The van der Waals surface area contributed by atoms with Gasteiger partial charge in [0.25, 0.3) is 0 Å². The number of carboxylic acid groups (broad SMARTS) is 1. The van der Waals surface area contributed by atoms with Crippen molar-refractivity contribution in [2.24, 2.45) is 11.7 Å². The van der Waals surface area contributed by atoms with Gasteiger partial charge in [0.05, 0.1) is 0 Å². The van der Waals surface area contributed by atoms with E-state index in [1.54, 1.807) is 0 Å². The standard InChI is InChI=1S/C12H16FNO3/c1-6(2)5-9(14)10-8(13)4-3-7(11(10)15)12(16)17/h3-4,6,9,15H,5,14H2,1-2H3,(H,16,17)/t9-/m1/s1. The maximum Gasteiger partial charge on any atom is 0.339 e. The second-order valence-corrected chi connectivity index (χ2v) is 4.40. The predicted molar refractivity (Wildman–Crippen MR) is 61.4 cm³/mol. The number of aromatic hydroxyl groups is 1. The van der Waals surface area contributed by atoms with E-state index in [2.05, 4.69) is 0 Å². The lowest BCUT2D eigenvalue weighted by Gasteiger charge is -2.17. The van der Waals surface area contributed by atoms with E-state index in [9.17, 15) is 14.3 Å². The van der Waals surface area contributed by atoms with E-state index in [1.165, 1.54) is 0 Å². The van der Waals surface area contributed by atoms with Crippen LogP contribution in [-0.4, -0.2) is 16.2 Å². The minimum atomic E-state index is -1.31. The highest BCUT2D eigenvalue weighted by molar-refractivity contribution is 5.91. The summed E-state index contributed by atoms with van der Waals surface area (Å²) in [4.78, 5) is 10.8. The largest absolute Gasteiger partial charge is 0.507 e. The molecule has 0 fully saturated rings. The van der Waals surface area contributed by atoms with Crippen molar-refractivity contribution in [3.8, 4) is 5.75 Å². The highest BCUT2D eigenvalue weighted by Crippen LogP contribution is 2.32. The summed E-state index contributed by atoms with van der Waals surface area (Å²) in [5, 5.41) is 18.5. The van der Waals surface area contributed by atoms with Gasteiger partial charge in [-0.1, -0.05) is 13.8 Å². The van der Waals surface area contributed by atoms with E-state index in [-0.39, 0.29) is 17.0 Å². The number of phenols is 1. The molecular formula is C12H16FNO3. The fraction of sp³-hybridized carbons (Fsp3) is 0.417. The van der Waals surface area contributed by atoms with Crippen molar-refractivity contribution >= 4 is 5.97 Å². The highest BCUT2D eigenvalue weighted by atomic mass is 19.1. The number of nitrogens with two attached hydrogens (primary N) is 1. The second kappa shape index (κ2) is 5.14. The molecule has 0 saturated carbocycles. The Bertz CT molecular complexity index is 432. The molecule has 1 atom stereocenters. The Kier molecular flexibility index (Phi) is 4.07. The quantitative estimate of drug-likeness (QED) is 0.755. The van der Waals surface area contributed by atoms with Crippen LogP contribution < -0.4 is 5.73 Å². The van der Waals surface area contributed by atoms with Crippen LogP contribution in [-0.2, 0) is 0 Å². The van der Waals surface area contributed by atoms with Gasteiger partial charge in [-0.2, -0.15) is 0 Å². The number of rotatable bonds is 4. The molecule has 94 valence electrons. The number of hydrogen-bond acceptors (Lipinski definition) is 3. The Hall–Kier alpha value is -1.62. The van der Waals surface area contributed by atoms with E-state index in [4.69, 9.17) is 10.8 Å². The van der Waals surface area contributed by atoms with Gasteiger partial charge >= 0.3 is 5.97 Å². The first-order valence-corrected chi connectivity index (χ1v) is 5.34. The van der Waals surface area contributed by atoms with Gasteiger partial charge in [0.15, 0.2) is 0 Å². The third-order valence-corrected chi connectivity index (χ3v) is 2.49. The molecule has 1 aromatic rings. The molecule has 4 N–H and O–H groups in total. The summed E-state index contributed by atoms with van der Waals surface area (Å²) in [6.45, 7) is 3.83. The van der Waals surface area contributed by atoms with E-state index < -0.39 is 23.6 Å². The van der Waals surface area contributed by atoms with Crippen LogP contribution in [0.3, 0.4) is 0 Å². The summed E-state index contributed by atoms with van der Waals surface area (Å²) >= 11 is 0. The van der Waals surface area contributed by atoms with E-state index >= 15 is 0 Å². The smallest absolute Gasteiger partial charge is 0.339 e. The van der Waals surface area contributed by atoms with Gasteiger partial charge < -0.3 is 15.9 Å². The van der Waals surface area contributed by atoms with Gasteiger partial charge in [-0.05, 0) is 24.5 Å². The van der Waals surface area contributed by atoms with Gasteiger partial charge in [0.1, 0.15) is 17.1 Å². The van der Waals surface area contributed by atoms with Gasteiger partial charge in [-0.15, -0.1) is 0 Å². The third-order valence-electron chi connectivity index (χ3n) is 2.49. The SMILES string of the molecule is CC(C)C[C@@H](N)c1c(F)ccc(C(=O)O)c1O. The first kappa shape index (κ1) is 13.4. The Morgan fingerprint density at radius 1 is 1.47 bits per heavy atom. The summed E-state index contributed by atoms with van der Waals surface area (Å²) in [5.74, 6) is -2.34. The topological polar surface area (TPSA) is 83.6 Å². The molecule has 0 heterocycles. The van der Waals surface area contributed by atoms with Gasteiger partial charge in [-0.3, -0.25) is 0 Å². The van der Waals surface area contributed by atoms with Gasteiger partial charge in [0, 0.05) is 11.6 Å². The zero-order chi connectivity index (χ0) is 13.2. The van der Waals surface area contributed by atoms with E-state index in [0.717, 1.165) is 12.1 Å². The van der Waals surface area contributed by atoms with Crippen molar-refractivity contribution in [2.45, 2.75) is 26.3 Å². The molecule has 4 nitrogen and oxygen atoms in total. The molecule has 0 aliphatic heterocycles. The van der Waals surface area contributed by atoms with Crippen molar-refractivity contribution in [2.75, 3.05) is 0 Å². The molecule has 0 spiro atoms. The summed E-state index contributed by atoms with van der Waals surface area (Å²) in [5.41, 5.74) is 5.31. The first-order chi connectivity index (χ1) is 7.84. The number of carbonyl (C=O) groups is 1. The highest BCUT2D eigenvalue weighted by Gasteiger charge is 2.22. The Morgan fingerprint density at radius 3 is 2.53 bits per heavy atom. The average Bonchev–Trinajstić information content (AvgIpc) is 2.15. The normalized spacial score (nSPS) is 12.8. The van der Waals surface area contributed by atoms with Gasteiger partial charge in [0.2, 0.25) is 0 Å². The summed E-state index contributed by atoms with van der Waals surface area (Å²) in [7, 11) is 0. The van der Waals surface area contributed by atoms with Crippen LogP contribution in [0.2, 0.25) is 0 Å². The Balaban J connectivity index is 3.22. The fourth-order valence-corrected chi connectivity index (χ4v) is 1.73. The number of aromatic carboxylic acids is 1. The predicted octanol–water partition coefficient (Wildman–Crippen LogP) is 2.28. The van der Waals surface area contributed by atoms with Crippen LogP contribution in [0.1, 0.15) is 42.2 Å². The minimum Gasteiger partial charge on any atom is -0.507 e. The third kappa shape index (κ3) is 2.94. The molecule has 0 radical (unpaired) electrons. The maximum absolute atomic E-state index is 13.6. The number of halogens is 1. The van der Waals surface area contributed by atoms with Crippen LogP contribution in [0.15, 0.2) is 12.1 Å². The lowest BCUT2D eigenvalue weighted by molar-refractivity contribution is 0.0693. The molecule has 0 amide bonds. The summed E-state index contributed by atoms with van der Waals surface area (Å²) in [6, 6.07) is 1.33. The average molecular weight is 241 g/mol. The zero-order valence-corrected chi connectivity index (χ0v) is 9.77. The molecule has 5 heteroatoms. The van der Waals surface area contributed by atoms with E-state index in [0.29, 0.717) is 6.42 Å². The first-order valence-electron chi connectivity index (χ1n) is 5.34. The molecule has 0 aromatic heterocycles. The van der Waals surface area contributed by atoms with Crippen LogP contribution in [0.25, 0.3) is 0 Å². The molecule has 0 aliphatic carbocycles. The molecule has 0 unspecified atom stereocenters. The molecule has 0 saturated heterocycles. The minimum absolute atomic E-state index is 0.126. The number of carboxylic acids is 1. The summed E-state index contributed by atoms with van der Waals surface area (Å²) in [6.07, 6.45) is 0.466. The fourth-order valence-electron chi connectivity index (χ4n) is 1.73. The molecule has 17 heavy (non-hydrogen) atoms. The summed E-state index contributed by atoms with van der Waals surface area (Å²) < 4.78 is 13.6. The van der Waals surface area contributed by atoms with Crippen LogP contribution in [0, 0.1) is 11.7 Å². The van der Waals surface area contributed by atoms with Crippen molar-refractivity contribution in [1.82, 2.24) is 0 Å². The molecular weight excluding hydrogens is 225 g/mol. The Morgan fingerprint density at radius 2 is 2.06 bits per heavy atom. The van der Waals surface area contributed by atoms with Crippen LogP contribution in [0.5, 0.6) is 5.75 Å². The number of hydrogen-bond donors (Lipinski definition) is 3. The monoisotopic (exact) mass is 241 g/mol. The van der Waals surface area contributed by atoms with Crippen molar-refractivity contribution in [1.29, 1.82) is 0 Å². The van der Waals surface area contributed by atoms with Crippen molar-refractivity contribution < 1.29 is 19.4 Å². The zero-order valence-electron chi connectivity index (χ0n) is 9.77. The van der Waals surface area contributed by atoms with Crippen molar-refractivity contribution in [3.05, 3.63) is 29.1 Å². The lowest BCUT2D eigenvalue weighted by Crippen LogP contribution is -2.16. The van der Waals surface area contributed by atoms with Gasteiger partial charge in [-0.25, -0.2) is 9.18 Å². The van der Waals surface area contributed by atoms with E-state index in [1.807, 2.05) is 13.8 Å². The Labute approximate surface area is 98.9 Å². The molecule has 0 bridgehead atoms. The van der Waals surface area contributed by atoms with Crippen LogP contribution in [0.4, 0.5) is 4.39 Å². The molecule has 0 aliphatic rings. The van der Waals surface area contributed by atoms with Crippen molar-refractivity contribution in [3.63, 3.8) is 0 Å². The molecule has 1 aromatic carbocycles. The second-order valence-electron chi connectivity index (χ2n) is 4.40.